The molecule has 0 bridgehead atoms. The maximum Gasteiger partial charge on any atom is 0.341 e. The Morgan fingerprint density at radius 2 is 1.85 bits per heavy atom. The number of piperidine rings is 1. The molecule has 1 fully saturated rings. The van der Waals surface area contributed by atoms with Crippen molar-refractivity contribution >= 4 is 17.6 Å². The zero-order chi connectivity index (χ0) is 24.3. The predicted octanol–water partition coefficient (Wildman–Crippen LogP) is 5.23. The summed E-state index contributed by atoms with van der Waals surface area (Å²) in [7, 11) is 0. The van der Waals surface area contributed by atoms with Gasteiger partial charge in [-0.2, -0.15) is 0 Å². The summed E-state index contributed by atoms with van der Waals surface area (Å²) in [6.45, 7) is 10.3. The number of rotatable bonds is 11. The van der Waals surface area contributed by atoms with E-state index in [1.807, 2.05) is 19.1 Å². The van der Waals surface area contributed by atoms with Crippen LogP contribution in [0.25, 0.3) is 0 Å². The number of hydrogen-bond acceptors (Lipinski definition) is 5. The monoisotopic (exact) mass is 464 g/mol. The minimum Gasteiger partial charge on any atom is -0.493 e. The molecule has 1 aliphatic heterocycles. The van der Waals surface area contributed by atoms with Gasteiger partial charge in [0.15, 0.2) is 0 Å². The maximum atomic E-state index is 13.1. The SMILES string of the molecule is C=CCC(NC(=O)Cc1ccc(C(=O)OCC)c(OCC)c1)c1ccccc1N1CCCCC1. The van der Waals surface area contributed by atoms with Crippen molar-refractivity contribution in [2.45, 2.75) is 52.0 Å². The largest absolute Gasteiger partial charge is 0.493 e. The molecule has 3 rings (SSSR count). The van der Waals surface area contributed by atoms with Crippen LogP contribution in [-0.2, 0) is 16.0 Å². The van der Waals surface area contributed by atoms with Crippen molar-refractivity contribution in [1.82, 2.24) is 5.32 Å². The summed E-state index contributed by atoms with van der Waals surface area (Å²) in [6, 6.07) is 13.4. The van der Waals surface area contributed by atoms with Crippen molar-refractivity contribution in [3.05, 3.63) is 71.8 Å². The molecule has 1 saturated heterocycles. The molecule has 6 heteroatoms. The summed E-state index contributed by atoms with van der Waals surface area (Å²) < 4.78 is 10.8. The topological polar surface area (TPSA) is 67.9 Å². The normalized spacial score (nSPS) is 14.2. The summed E-state index contributed by atoms with van der Waals surface area (Å²) >= 11 is 0. The average Bonchev–Trinajstić information content (AvgIpc) is 2.85. The first-order chi connectivity index (χ1) is 16.6. The van der Waals surface area contributed by atoms with Crippen LogP contribution >= 0.6 is 0 Å². The minimum atomic E-state index is -0.428. The predicted molar refractivity (Wildman–Crippen MR) is 135 cm³/mol. The Morgan fingerprint density at radius 1 is 1.09 bits per heavy atom. The Hall–Kier alpha value is -3.28. The van der Waals surface area contributed by atoms with Gasteiger partial charge in [-0.15, -0.1) is 6.58 Å². The molecule has 1 heterocycles. The molecule has 1 N–H and O–H groups in total. The van der Waals surface area contributed by atoms with Crippen LogP contribution in [-0.4, -0.2) is 38.2 Å². The van der Waals surface area contributed by atoms with E-state index in [4.69, 9.17) is 9.47 Å². The lowest BCUT2D eigenvalue weighted by molar-refractivity contribution is -0.121. The Labute approximate surface area is 202 Å². The van der Waals surface area contributed by atoms with Crippen LogP contribution in [0.3, 0.4) is 0 Å². The van der Waals surface area contributed by atoms with E-state index < -0.39 is 5.97 Å². The summed E-state index contributed by atoms with van der Waals surface area (Å²) in [5.74, 6) is -0.0849. The highest BCUT2D eigenvalue weighted by molar-refractivity contribution is 5.93. The van der Waals surface area contributed by atoms with Gasteiger partial charge in [-0.05, 0) is 68.9 Å². The van der Waals surface area contributed by atoms with E-state index in [0.717, 1.165) is 24.2 Å². The highest BCUT2D eigenvalue weighted by Crippen LogP contribution is 2.31. The van der Waals surface area contributed by atoms with Crippen LogP contribution in [0.2, 0.25) is 0 Å². The third kappa shape index (κ3) is 6.62. The molecule has 1 aliphatic rings. The molecule has 6 nitrogen and oxygen atoms in total. The number of anilines is 1. The van der Waals surface area contributed by atoms with Crippen LogP contribution in [0.1, 0.15) is 67.1 Å². The molecular weight excluding hydrogens is 428 g/mol. The third-order valence-electron chi connectivity index (χ3n) is 5.95. The molecule has 0 saturated carbocycles. The van der Waals surface area contributed by atoms with Gasteiger partial charge in [0, 0.05) is 18.8 Å². The number of nitrogens with one attached hydrogen (secondary N) is 1. The van der Waals surface area contributed by atoms with Gasteiger partial charge in [0.25, 0.3) is 0 Å². The first-order valence-electron chi connectivity index (χ1n) is 12.2. The first-order valence-corrected chi connectivity index (χ1v) is 12.2. The van der Waals surface area contributed by atoms with Gasteiger partial charge >= 0.3 is 5.97 Å². The van der Waals surface area contributed by atoms with Crippen LogP contribution in [0.15, 0.2) is 55.1 Å². The number of hydrogen-bond donors (Lipinski definition) is 1. The Kier molecular flexibility index (Phi) is 9.56. The van der Waals surface area contributed by atoms with Crippen molar-refractivity contribution in [3.63, 3.8) is 0 Å². The van der Waals surface area contributed by atoms with Crippen LogP contribution in [0.4, 0.5) is 5.69 Å². The number of carbonyl (C=O) groups excluding carboxylic acids is 2. The van der Waals surface area contributed by atoms with E-state index in [9.17, 15) is 9.59 Å². The Balaban J connectivity index is 1.76. The van der Waals surface area contributed by atoms with E-state index in [0.29, 0.717) is 24.3 Å². The van der Waals surface area contributed by atoms with E-state index in [2.05, 4.69) is 35.0 Å². The fourth-order valence-electron chi connectivity index (χ4n) is 4.40. The van der Waals surface area contributed by atoms with Gasteiger partial charge < -0.3 is 19.7 Å². The smallest absolute Gasteiger partial charge is 0.341 e. The zero-order valence-electron chi connectivity index (χ0n) is 20.3. The first kappa shape index (κ1) is 25.3. The number of carbonyl (C=O) groups is 2. The molecule has 2 aromatic carbocycles. The standard InChI is InChI=1S/C28H36N2O4/c1-4-12-24(22-13-8-9-14-25(22)30-17-10-7-11-18-30)29-27(31)20-21-15-16-23(28(32)34-6-3)26(19-21)33-5-2/h4,8-9,13-16,19,24H,1,5-7,10-12,17-18,20H2,2-3H3,(H,29,31). The summed E-state index contributed by atoms with van der Waals surface area (Å²) in [6.07, 6.45) is 6.32. The van der Waals surface area contributed by atoms with Gasteiger partial charge in [0.2, 0.25) is 5.91 Å². The Morgan fingerprint density at radius 3 is 2.56 bits per heavy atom. The van der Waals surface area contributed by atoms with Gasteiger partial charge in [-0.25, -0.2) is 4.79 Å². The van der Waals surface area contributed by atoms with Crippen molar-refractivity contribution in [3.8, 4) is 5.75 Å². The number of benzene rings is 2. The lowest BCUT2D eigenvalue weighted by Crippen LogP contribution is -2.34. The van der Waals surface area contributed by atoms with Crippen molar-refractivity contribution in [2.24, 2.45) is 0 Å². The number of esters is 1. The van der Waals surface area contributed by atoms with E-state index in [1.54, 1.807) is 25.1 Å². The molecule has 2 aromatic rings. The average molecular weight is 465 g/mol. The van der Waals surface area contributed by atoms with E-state index in [1.165, 1.54) is 24.9 Å². The molecule has 0 radical (unpaired) electrons. The number of amides is 1. The van der Waals surface area contributed by atoms with Crippen molar-refractivity contribution < 1.29 is 19.1 Å². The maximum absolute atomic E-state index is 13.1. The van der Waals surface area contributed by atoms with Crippen LogP contribution in [0, 0.1) is 0 Å². The summed E-state index contributed by atoms with van der Waals surface area (Å²) in [4.78, 5) is 27.7. The third-order valence-corrected chi connectivity index (χ3v) is 5.95. The summed E-state index contributed by atoms with van der Waals surface area (Å²) in [5, 5.41) is 3.20. The molecule has 1 atom stereocenters. The second-order valence-corrected chi connectivity index (χ2v) is 8.41. The van der Waals surface area contributed by atoms with Crippen LogP contribution in [0.5, 0.6) is 5.75 Å². The van der Waals surface area contributed by atoms with Crippen molar-refractivity contribution in [1.29, 1.82) is 0 Å². The van der Waals surface area contributed by atoms with E-state index >= 15 is 0 Å². The highest BCUT2D eigenvalue weighted by atomic mass is 16.5. The lowest BCUT2D eigenvalue weighted by Gasteiger charge is -2.32. The van der Waals surface area contributed by atoms with Crippen LogP contribution < -0.4 is 15.0 Å². The number of para-hydroxylation sites is 1. The Bertz CT molecular complexity index is 982. The fraction of sp³-hybridized carbons (Fsp3) is 0.429. The highest BCUT2D eigenvalue weighted by Gasteiger charge is 2.21. The molecular formula is C28H36N2O4. The number of nitrogens with zero attached hydrogens (tertiary/aromatic N) is 1. The molecule has 0 aliphatic carbocycles. The quantitative estimate of drug-likeness (QED) is 0.364. The fourth-order valence-corrected chi connectivity index (χ4v) is 4.40. The molecule has 0 spiro atoms. The van der Waals surface area contributed by atoms with Gasteiger partial charge in [-0.3, -0.25) is 4.79 Å². The minimum absolute atomic E-state index is 0.0911. The molecule has 1 unspecified atom stereocenters. The summed E-state index contributed by atoms with van der Waals surface area (Å²) in [5.41, 5.74) is 3.45. The lowest BCUT2D eigenvalue weighted by atomic mass is 9.98. The molecule has 0 aromatic heterocycles. The number of ether oxygens (including phenoxy) is 2. The van der Waals surface area contributed by atoms with E-state index in [-0.39, 0.29) is 25.0 Å². The zero-order valence-corrected chi connectivity index (χ0v) is 20.3. The molecule has 1 amide bonds. The van der Waals surface area contributed by atoms with Gasteiger partial charge in [0.1, 0.15) is 11.3 Å². The second-order valence-electron chi connectivity index (χ2n) is 8.41. The van der Waals surface area contributed by atoms with Gasteiger partial charge in [-0.1, -0.05) is 30.3 Å². The van der Waals surface area contributed by atoms with Crippen molar-refractivity contribution in [2.75, 3.05) is 31.2 Å². The second kappa shape index (κ2) is 12.8. The van der Waals surface area contributed by atoms with Gasteiger partial charge in [0.05, 0.1) is 25.7 Å². The molecule has 34 heavy (non-hydrogen) atoms. The molecule has 182 valence electrons.